The summed E-state index contributed by atoms with van der Waals surface area (Å²) in [6, 6.07) is 33.1. The molecule has 37 heavy (non-hydrogen) atoms. The monoisotopic (exact) mass is 483 g/mol. The molecule has 0 saturated carbocycles. The summed E-state index contributed by atoms with van der Waals surface area (Å²) < 4.78 is 0. The number of rotatable bonds is 3. The summed E-state index contributed by atoms with van der Waals surface area (Å²) in [5.41, 5.74) is 6.69. The molecule has 0 radical (unpaired) electrons. The van der Waals surface area contributed by atoms with Crippen molar-refractivity contribution in [1.82, 2.24) is 0 Å². The summed E-state index contributed by atoms with van der Waals surface area (Å²) in [5, 5.41) is 2.91. The van der Waals surface area contributed by atoms with Gasteiger partial charge in [-0.3, -0.25) is 9.59 Å². The highest BCUT2D eigenvalue weighted by Gasteiger charge is 2.43. The molecular weight excluding hydrogens is 457 g/mol. The Hall–Kier alpha value is -4.58. The molecule has 6 heteroatoms. The molecule has 0 bridgehead atoms. The number of carbonyl (C=O) groups excluding carboxylic acids is 2. The molecule has 1 fully saturated rings. The normalized spacial score (nSPS) is 16.1. The van der Waals surface area contributed by atoms with Gasteiger partial charge in [0.05, 0.1) is 11.4 Å². The second kappa shape index (κ2) is 8.52. The Morgan fingerprint density at radius 2 is 1.16 bits per heavy atom. The van der Waals surface area contributed by atoms with Crippen LogP contribution < -0.4 is 14.8 Å². The fourth-order valence-electron chi connectivity index (χ4n) is 5.40. The number of carbonyl (C=O) groups is 2. The van der Waals surface area contributed by atoms with Crippen molar-refractivity contribution >= 4 is 48.6 Å². The maximum Gasteiger partial charge on any atom is 0.283 e. The third-order valence-electron chi connectivity index (χ3n) is 7.35. The molecule has 0 spiro atoms. The number of para-hydroxylation sites is 3. The Labute approximate surface area is 217 Å². The molecule has 2 amide bonds. The lowest BCUT2D eigenvalue weighted by Crippen LogP contribution is -2.41. The minimum absolute atomic E-state index is 0.134. The molecule has 5 nitrogen and oxygen atoms in total. The number of hydrazine groups is 1. The lowest BCUT2D eigenvalue weighted by atomic mass is 9.72. The zero-order valence-corrected chi connectivity index (χ0v) is 21.1. The Morgan fingerprint density at radius 1 is 0.649 bits per heavy atom. The molecule has 0 aromatic heterocycles. The number of hydrogen-bond acceptors (Lipinski definition) is 3. The maximum absolute atomic E-state index is 13.7. The van der Waals surface area contributed by atoms with Crippen molar-refractivity contribution < 1.29 is 9.59 Å². The first-order chi connectivity index (χ1) is 17.9. The molecule has 0 N–H and O–H groups in total. The van der Waals surface area contributed by atoms with Crippen LogP contribution in [0.1, 0.15) is 30.5 Å². The molecule has 0 atom stereocenters. The van der Waals surface area contributed by atoms with E-state index in [9.17, 15) is 9.59 Å². The van der Waals surface area contributed by atoms with Crippen LogP contribution in [0.5, 0.6) is 0 Å². The smallest absolute Gasteiger partial charge is 0.283 e. The van der Waals surface area contributed by atoms with Crippen LogP contribution in [-0.2, 0) is 15.0 Å². The summed E-state index contributed by atoms with van der Waals surface area (Å²) in [4.78, 5) is 29.6. The van der Waals surface area contributed by atoms with Gasteiger partial charge in [0.1, 0.15) is 5.57 Å². The first-order valence-corrected chi connectivity index (χ1v) is 12.4. The van der Waals surface area contributed by atoms with Crippen LogP contribution in [0.25, 0.3) is 6.08 Å². The standard InChI is InChI=1S/C31H26BN3O2/c1-31(2)25-15-9-10-16-27(25)33(32)28-18-17-21(20-26(28)31)19-24-29(36)34(22-11-5-3-6-12-22)35(30(24)37)23-13-7-4-8-14-23/h3-20H,32H2,1-2H3. The molecule has 180 valence electrons. The van der Waals surface area contributed by atoms with Gasteiger partial charge in [0.15, 0.2) is 0 Å². The molecule has 1 saturated heterocycles. The van der Waals surface area contributed by atoms with Gasteiger partial charge in [-0.1, -0.05) is 74.5 Å². The van der Waals surface area contributed by atoms with Gasteiger partial charge >= 0.3 is 0 Å². The summed E-state index contributed by atoms with van der Waals surface area (Å²) in [5.74, 6) is -0.695. The average Bonchev–Trinajstić information content (AvgIpc) is 3.18. The first kappa shape index (κ1) is 22.9. The van der Waals surface area contributed by atoms with Crippen LogP contribution in [0, 0.1) is 0 Å². The molecule has 2 heterocycles. The second-order valence-electron chi connectivity index (χ2n) is 9.94. The quantitative estimate of drug-likeness (QED) is 0.223. The van der Waals surface area contributed by atoms with Crippen molar-refractivity contribution in [3.63, 3.8) is 0 Å². The molecule has 0 unspecified atom stereocenters. The molecule has 2 aliphatic heterocycles. The third kappa shape index (κ3) is 3.56. The van der Waals surface area contributed by atoms with Crippen LogP contribution in [0.4, 0.5) is 22.7 Å². The lowest BCUT2D eigenvalue weighted by molar-refractivity contribution is -0.116. The lowest BCUT2D eigenvalue weighted by Gasteiger charge is -2.41. The fourth-order valence-corrected chi connectivity index (χ4v) is 5.40. The van der Waals surface area contributed by atoms with Gasteiger partial charge in [-0.25, -0.2) is 10.0 Å². The largest absolute Gasteiger partial charge is 0.393 e. The SMILES string of the molecule is BN1c2ccccc2C(C)(C)c2cc(C=C3C(=O)N(c4ccccc4)N(c4ccccc4)C3=O)ccc21. The van der Waals surface area contributed by atoms with Crippen molar-refractivity contribution in [3.05, 3.63) is 125 Å². The molecule has 0 aliphatic carbocycles. The van der Waals surface area contributed by atoms with Gasteiger partial charge < -0.3 is 4.81 Å². The predicted octanol–water partition coefficient (Wildman–Crippen LogP) is 5.39. The highest BCUT2D eigenvalue weighted by molar-refractivity contribution is 6.38. The summed E-state index contributed by atoms with van der Waals surface area (Å²) in [6.45, 7) is 4.43. The Kier molecular flexibility index (Phi) is 5.27. The summed E-state index contributed by atoms with van der Waals surface area (Å²) in [6.07, 6.45) is 1.72. The summed E-state index contributed by atoms with van der Waals surface area (Å²) >= 11 is 0. The van der Waals surface area contributed by atoms with E-state index in [1.807, 2.05) is 66.7 Å². The van der Waals surface area contributed by atoms with Crippen molar-refractivity contribution in [3.8, 4) is 0 Å². The molecular formula is C31H26BN3O2. The Bertz CT molecular complexity index is 1500. The van der Waals surface area contributed by atoms with E-state index < -0.39 is 0 Å². The van der Waals surface area contributed by atoms with Gasteiger partial charge in [0.25, 0.3) is 11.8 Å². The van der Waals surface area contributed by atoms with Crippen molar-refractivity contribution in [2.75, 3.05) is 14.8 Å². The van der Waals surface area contributed by atoms with Gasteiger partial charge in [0.2, 0.25) is 7.98 Å². The van der Waals surface area contributed by atoms with Crippen LogP contribution in [0.2, 0.25) is 0 Å². The van der Waals surface area contributed by atoms with E-state index in [-0.39, 0.29) is 22.8 Å². The highest BCUT2D eigenvalue weighted by Crippen LogP contribution is 2.48. The minimum Gasteiger partial charge on any atom is -0.393 e. The van der Waals surface area contributed by atoms with Gasteiger partial charge in [-0.2, -0.15) is 0 Å². The minimum atomic E-state index is -0.348. The Balaban J connectivity index is 1.46. The Morgan fingerprint density at radius 3 is 1.76 bits per heavy atom. The number of amides is 2. The number of anilines is 4. The number of hydrogen-bond donors (Lipinski definition) is 0. The van der Waals surface area contributed by atoms with Crippen molar-refractivity contribution in [2.45, 2.75) is 19.3 Å². The zero-order valence-electron chi connectivity index (χ0n) is 21.1. The van der Waals surface area contributed by atoms with Gasteiger partial charge in [0, 0.05) is 16.8 Å². The fraction of sp³-hybridized carbons (Fsp3) is 0.0968. The molecule has 4 aromatic carbocycles. The second-order valence-corrected chi connectivity index (χ2v) is 9.94. The van der Waals surface area contributed by atoms with E-state index in [4.69, 9.17) is 0 Å². The maximum atomic E-state index is 13.7. The van der Waals surface area contributed by atoms with E-state index in [1.165, 1.54) is 21.3 Å². The first-order valence-electron chi connectivity index (χ1n) is 12.4. The topological polar surface area (TPSA) is 43.9 Å². The van der Waals surface area contributed by atoms with E-state index in [0.717, 1.165) is 16.8 Å². The zero-order chi connectivity index (χ0) is 25.7. The molecule has 2 aliphatic rings. The number of fused-ring (bicyclic) bond motifs is 2. The third-order valence-corrected chi connectivity index (χ3v) is 7.35. The van der Waals surface area contributed by atoms with E-state index in [1.54, 1.807) is 6.08 Å². The molecule has 6 rings (SSSR count). The van der Waals surface area contributed by atoms with Crippen molar-refractivity contribution in [2.24, 2.45) is 0 Å². The molecule has 4 aromatic rings. The van der Waals surface area contributed by atoms with Crippen LogP contribution >= 0.6 is 0 Å². The number of nitrogens with zero attached hydrogens (tertiary/aromatic N) is 3. The van der Waals surface area contributed by atoms with Gasteiger partial charge in [-0.15, -0.1) is 0 Å². The van der Waals surface area contributed by atoms with E-state index in [2.05, 4.69) is 63.0 Å². The van der Waals surface area contributed by atoms with Crippen LogP contribution in [0.15, 0.2) is 109 Å². The van der Waals surface area contributed by atoms with Gasteiger partial charge in [-0.05, 0) is 65.2 Å². The highest BCUT2D eigenvalue weighted by atomic mass is 16.2. The van der Waals surface area contributed by atoms with Crippen molar-refractivity contribution in [1.29, 1.82) is 0 Å². The van der Waals surface area contributed by atoms with E-state index in [0.29, 0.717) is 11.4 Å². The average molecular weight is 483 g/mol. The predicted molar refractivity (Wildman–Crippen MR) is 152 cm³/mol. The van der Waals surface area contributed by atoms with Crippen LogP contribution in [-0.4, -0.2) is 19.8 Å². The summed E-state index contributed by atoms with van der Waals surface area (Å²) in [7, 11) is 2.07. The van der Waals surface area contributed by atoms with E-state index >= 15 is 0 Å². The van der Waals surface area contributed by atoms with Crippen LogP contribution in [0.3, 0.4) is 0 Å². The number of benzene rings is 4.